The van der Waals surface area contributed by atoms with Crippen LogP contribution in [0.4, 0.5) is 5.69 Å². The van der Waals surface area contributed by atoms with Gasteiger partial charge in [-0.15, -0.1) is 12.4 Å². The fourth-order valence-electron chi connectivity index (χ4n) is 1.64. The lowest BCUT2D eigenvalue weighted by Gasteiger charge is -2.09. The molecular formula is C15H25ClN2O3. The molecule has 0 atom stereocenters. The maximum atomic E-state index is 11.5. The zero-order valence-electron chi connectivity index (χ0n) is 12.8. The largest absolute Gasteiger partial charge is 0.376 e. The van der Waals surface area contributed by atoms with Gasteiger partial charge in [0.2, 0.25) is 5.91 Å². The van der Waals surface area contributed by atoms with Gasteiger partial charge in [0, 0.05) is 5.69 Å². The molecule has 0 unspecified atom stereocenters. The average molecular weight is 317 g/mol. The van der Waals surface area contributed by atoms with Gasteiger partial charge in [0.1, 0.15) is 0 Å². The summed E-state index contributed by atoms with van der Waals surface area (Å²) in [4.78, 5) is 11.5. The van der Waals surface area contributed by atoms with Gasteiger partial charge in [-0.25, -0.2) is 0 Å². The van der Waals surface area contributed by atoms with Crippen LogP contribution in [0.3, 0.4) is 0 Å². The lowest BCUT2D eigenvalue weighted by Crippen LogP contribution is -2.25. The topological polar surface area (TPSA) is 59.6 Å². The van der Waals surface area contributed by atoms with Crippen molar-refractivity contribution in [1.29, 1.82) is 0 Å². The van der Waals surface area contributed by atoms with Crippen molar-refractivity contribution in [1.82, 2.24) is 5.32 Å². The highest BCUT2D eigenvalue weighted by Crippen LogP contribution is 2.11. The van der Waals surface area contributed by atoms with Crippen LogP contribution < -0.4 is 10.6 Å². The maximum Gasteiger partial charge on any atom is 0.238 e. The van der Waals surface area contributed by atoms with Gasteiger partial charge in [-0.05, 0) is 38.6 Å². The van der Waals surface area contributed by atoms with Crippen molar-refractivity contribution in [3.8, 4) is 0 Å². The predicted octanol–water partition coefficient (Wildman–Crippen LogP) is 2.21. The Labute approximate surface area is 132 Å². The lowest BCUT2D eigenvalue weighted by molar-refractivity contribution is -0.115. The standard InChI is InChI=1S/C15H24N2O3.ClH/c1-12(2)20-8-7-19-11-13-5-4-6-14(9-13)17-15(18)10-16-3;/h4-6,9,12,16H,7-8,10-11H2,1-3H3,(H,17,18);1H. The van der Waals surface area contributed by atoms with E-state index in [1.54, 1.807) is 7.05 Å². The Balaban J connectivity index is 0.00000400. The number of anilines is 1. The summed E-state index contributed by atoms with van der Waals surface area (Å²) in [6, 6.07) is 7.64. The number of carbonyl (C=O) groups is 1. The first-order valence-electron chi connectivity index (χ1n) is 6.84. The highest BCUT2D eigenvalue weighted by atomic mass is 35.5. The van der Waals surface area contributed by atoms with E-state index >= 15 is 0 Å². The van der Waals surface area contributed by atoms with Crippen LogP contribution in [0.25, 0.3) is 0 Å². The second-order valence-electron chi connectivity index (χ2n) is 4.75. The summed E-state index contributed by atoms with van der Waals surface area (Å²) in [7, 11) is 1.74. The number of ether oxygens (including phenoxy) is 2. The normalized spacial score (nSPS) is 10.3. The van der Waals surface area contributed by atoms with Gasteiger partial charge in [0.05, 0.1) is 32.5 Å². The number of hydrogen-bond acceptors (Lipinski definition) is 4. The average Bonchev–Trinajstić information content (AvgIpc) is 2.38. The van der Waals surface area contributed by atoms with E-state index in [0.29, 0.717) is 26.4 Å². The molecule has 120 valence electrons. The third kappa shape index (κ3) is 9.42. The number of amides is 1. The minimum atomic E-state index is -0.0594. The molecule has 0 heterocycles. The van der Waals surface area contributed by atoms with E-state index in [9.17, 15) is 4.79 Å². The van der Waals surface area contributed by atoms with Gasteiger partial charge in [-0.2, -0.15) is 0 Å². The van der Waals surface area contributed by atoms with E-state index in [4.69, 9.17) is 9.47 Å². The summed E-state index contributed by atoms with van der Waals surface area (Å²) in [5, 5.41) is 5.63. The first-order valence-corrected chi connectivity index (χ1v) is 6.84. The summed E-state index contributed by atoms with van der Waals surface area (Å²) in [6.45, 7) is 5.96. The second kappa shape index (κ2) is 11.5. The molecule has 1 amide bonds. The maximum absolute atomic E-state index is 11.5. The minimum Gasteiger partial charge on any atom is -0.376 e. The number of rotatable bonds is 9. The molecule has 0 bridgehead atoms. The number of carbonyl (C=O) groups excluding carboxylic acids is 1. The molecule has 0 saturated carbocycles. The Morgan fingerprint density at radius 3 is 2.71 bits per heavy atom. The third-order valence-electron chi connectivity index (χ3n) is 2.50. The highest BCUT2D eigenvalue weighted by Gasteiger charge is 2.02. The molecule has 0 aliphatic heterocycles. The first kappa shape index (κ1) is 19.9. The van der Waals surface area contributed by atoms with E-state index in [2.05, 4.69) is 10.6 Å². The van der Waals surface area contributed by atoms with Crippen molar-refractivity contribution in [2.75, 3.05) is 32.1 Å². The number of nitrogens with one attached hydrogen (secondary N) is 2. The molecule has 1 rings (SSSR count). The van der Waals surface area contributed by atoms with E-state index in [-0.39, 0.29) is 24.4 Å². The molecule has 2 N–H and O–H groups in total. The zero-order valence-corrected chi connectivity index (χ0v) is 13.7. The molecular weight excluding hydrogens is 292 g/mol. The Hall–Kier alpha value is -1.14. The van der Waals surface area contributed by atoms with Gasteiger partial charge >= 0.3 is 0 Å². The van der Waals surface area contributed by atoms with Crippen LogP contribution in [-0.2, 0) is 20.9 Å². The summed E-state index contributed by atoms with van der Waals surface area (Å²) in [5.74, 6) is -0.0594. The van der Waals surface area contributed by atoms with Gasteiger partial charge in [-0.1, -0.05) is 12.1 Å². The van der Waals surface area contributed by atoms with Crippen molar-refractivity contribution in [2.24, 2.45) is 0 Å². The van der Waals surface area contributed by atoms with Gasteiger partial charge in [0.25, 0.3) is 0 Å². The fourth-order valence-corrected chi connectivity index (χ4v) is 1.64. The molecule has 6 heteroatoms. The molecule has 0 radical (unpaired) electrons. The van der Waals surface area contributed by atoms with E-state index < -0.39 is 0 Å². The quantitative estimate of drug-likeness (QED) is 0.686. The van der Waals surface area contributed by atoms with Crippen molar-refractivity contribution in [2.45, 2.75) is 26.6 Å². The van der Waals surface area contributed by atoms with Crippen molar-refractivity contribution in [3.05, 3.63) is 29.8 Å². The second-order valence-corrected chi connectivity index (χ2v) is 4.75. The fraction of sp³-hybridized carbons (Fsp3) is 0.533. The molecule has 0 aliphatic rings. The molecule has 0 aliphatic carbocycles. The van der Waals surface area contributed by atoms with Gasteiger partial charge in [-0.3, -0.25) is 4.79 Å². The zero-order chi connectivity index (χ0) is 14.8. The Morgan fingerprint density at radius 1 is 1.29 bits per heavy atom. The molecule has 0 saturated heterocycles. The van der Waals surface area contributed by atoms with Crippen LogP contribution in [0.15, 0.2) is 24.3 Å². The summed E-state index contributed by atoms with van der Waals surface area (Å²) < 4.78 is 10.9. The van der Waals surface area contributed by atoms with Crippen LogP contribution in [-0.4, -0.2) is 38.8 Å². The smallest absolute Gasteiger partial charge is 0.238 e. The summed E-state index contributed by atoms with van der Waals surface area (Å²) in [6.07, 6.45) is 0.226. The number of likely N-dealkylation sites (N-methyl/N-ethyl adjacent to an activating group) is 1. The Morgan fingerprint density at radius 2 is 2.05 bits per heavy atom. The van der Waals surface area contributed by atoms with Crippen LogP contribution in [0, 0.1) is 0 Å². The molecule has 1 aromatic rings. The third-order valence-corrected chi connectivity index (χ3v) is 2.50. The van der Waals surface area contributed by atoms with Crippen molar-refractivity contribution in [3.63, 3.8) is 0 Å². The highest BCUT2D eigenvalue weighted by molar-refractivity contribution is 5.92. The molecule has 1 aromatic carbocycles. The van der Waals surface area contributed by atoms with Crippen LogP contribution >= 0.6 is 12.4 Å². The van der Waals surface area contributed by atoms with E-state index in [1.165, 1.54) is 0 Å². The number of hydrogen-bond donors (Lipinski definition) is 2. The predicted molar refractivity (Wildman–Crippen MR) is 87.0 cm³/mol. The van der Waals surface area contributed by atoms with Crippen LogP contribution in [0.2, 0.25) is 0 Å². The molecule has 0 fully saturated rings. The number of benzene rings is 1. The summed E-state index contributed by atoms with van der Waals surface area (Å²) >= 11 is 0. The van der Waals surface area contributed by atoms with Crippen LogP contribution in [0.1, 0.15) is 19.4 Å². The molecule has 0 aromatic heterocycles. The monoisotopic (exact) mass is 316 g/mol. The van der Waals surface area contributed by atoms with E-state index in [1.807, 2.05) is 38.1 Å². The number of halogens is 1. The minimum absolute atomic E-state index is 0. The lowest BCUT2D eigenvalue weighted by atomic mass is 10.2. The molecule has 21 heavy (non-hydrogen) atoms. The van der Waals surface area contributed by atoms with Gasteiger partial charge in [0.15, 0.2) is 0 Å². The first-order chi connectivity index (χ1) is 9.61. The molecule has 5 nitrogen and oxygen atoms in total. The van der Waals surface area contributed by atoms with E-state index in [0.717, 1.165) is 11.3 Å². The van der Waals surface area contributed by atoms with Crippen molar-refractivity contribution < 1.29 is 14.3 Å². The SMILES string of the molecule is CNCC(=O)Nc1cccc(COCCOC(C)C)c1.Cl. The Kier molecular flexibility index (Phi) is 10.9. The summed E-state index contributed by atoms with van der Waals surface area (Å²) in [5.41, 5.74) is 1.81. The molecule has 0 spiro atoms. The van der Waals surface area contributed by atoms with Crippen LogP contribution in [0.5, 0.6) is 0 Å². The van der Waals surface area contributed by atoms with Gasteiger partial charge < -0.3 is 20.1 Å². The van der Waals surface area contributed by atoms with Crippen molar-refractivity contribution >= 4 is 24.0 Å². The Bertz CT molecular complexity index is 414.